The lowest BCUT2D eigenvalue weighted by Gasteiger charge is -2.16. The lowest BCUT2D eigenvalue weighted by Crippen LogP contribution is -2.39. The fourth-order valence-corrected chi connectivity index (χ4v) is 2.16. The Morgan fingerprint density at radius 3 is 2.62 bits per heavy atom. The van der Waals surface area contributed by atoms with Gasteiger partial charge < -0.3 is 10.6 Å². The second-order valence-corrected chi connectivity index (χ2v) is 6.10. The van der Waals surface area contributed by atoms with Gasteiger partial charge in [0.25, 0.3) is 0 Å². The zero-order chi connectivity index (χ0) is 15.4. The highest BCUT2D eigenvalue weighted by molar-refractivity contribution is 9.10. The number of hydrogen-bond acceptors (Lipinski definition) is 3. The summed E-state index contributed by atoms with van der Waals surface area (Å²) >= 11 is 3.15. The van der Waals surface area contributed by atoms with E-state index in [9.17, 15) is 14.0 Å². The maximum absolute atomic E-state index is 13.6. The van der Waals surface area contributed by atoms with Gasteiger partial charge in [0.2, 0.25) is 11.8 Å². The molecule has 7 heteroatoms. The normalized spacial score (nSPS) is 14.1. The van der Waals surface area contributed by atoms with Gasteiger partial charge in [-0.15, -0.1) is 0 Å². The molecule has 0 saturated heterocycles. The van der Waals surface area contributed by atoms with Gasteiger partial charge in [-0.1, -0.05) is 15.9 Å². The molecule has 2 N–H and O–H groups in total. The van der Waals surface area contributed by atoms with Gasteiger partial charge in [0, 0.05) is 10.5 Å². The van der Waals surface area contributed by atoms with Gasteiger partial charge in [0.1, 0.15) is 5.82 Å². The molecule has 1 fully saturated rings. The van der Waals surface area contributed by atoms with Gasteiger partial charge in [-0.05, 0) is 38.1 Å². The third-order valence-electron chi connectivity index (χ3n) is 2.97. The van der Waals surface area contributed by atoms with E-state index in [-0.39, 0.29) is 30.6 Å². The minimum absolute atomic E-state index is 0.0214. The molecule has 2 amide bonds. The van der Waals surface area contributed by atoms with Crippen molar-refractivity contribution in [2.75, 3.05) is 25.5 Å². The van der Waals surface area contributed by atoms with Gasteiger partial charge in [0.05, 0.1) is 18.8 Å². The second kappa shape index (κ2) is 7.00. The molecule has 1 aliphatic rings. The number of likely N-dealkylation sites (N-methyl/N-ethyl adjacent to an activating group) is 1. The maximum atomic E-state index is 13.6. The first-order valence-corrected chi connectivity index (χ1v) is 7.46. The van der Waals surface area contributed by atoms with E-state index in [1.165, 1.54) is 12.1 Å². The van der Waals surface area contributed by atoms with Crippen molar-refractivity contribution in [2.24, 2.45) is 0 Å². The summed E-state index contributed by atoms with van der Waals surface area (Å²) in [6, 6.07) is 4.71. The molecule has 0 aromatic heterocycles. The van der Waals surface area contributed by atoms with Gasteiger partial charge >= 0.3 is 0 Å². The van der Waals surface area contributed by atoms with Crippen molar-refractivity contribution in [3.63, 3.8) is 0 Å². The Kier molecular flexibility index (Phi) is 5.30. The third-order valence-corrected chi connectivity index (χ3v) is 3.47. The SMILES string of the molecule is CN(CC(=O)Nc1ccc(Br)cc1F)CC(=O)NC1CC1. The van der Waals surface area contributed by atoms with Crippen molar-refractivity contribution < 1.29 is 14.0 Å². The van der Waals surface area contributed by atoms with Crippen LogP contribution in [-0.4, -0.2) is 42.9 Å². The van der Waals surface area contributed by atoms with Gasteiger partial charge in [-0.25, -0.2) is 4.39 Å². The van der Waals surface area contributed by atoms with E-state index in [0.717, 1.165) is 12.8 Å². The highest BCUT2D eigenvalue weighted by Crippen LogP contribution is 2.19. The summed E-state index contributed by atoms with van der Waals surface area (Å²) < 4.78 is 14.2. The number of carbonyl (C=O) groups excluding carboxylic acids is 2. The Morgan fingerprint density at radius 1 is 1.33 bits per heavy atom. The largest absolute Gasteiger partial charge is 0.352 e. The van der Waals surface area contributed by atoms with Gasteiger partial charge in [-0.3, -0.25) is 14.5 Å². The third kappa shape index (κ3) is 5.43. The molecule has 0 atom stereocenters. The van der Waals surface area contributed by atoms with E-state index in [4.69, 9.17) is 0 Å². The summed E-state index contributed by atoms with van der Waals surface area (Å²) in [5, 5.41) is 5.33. The zero-order valence-electron chi connectivity index (χ0n) is 11.7. The molecule has 1 aromatic carbocycles. The van der Waals surface area contributed by atoms with Crippen molar-refractivity contribution in [2.45, 2.75) is 18.9 Å². The Bertz CT molecular complexity index is 549. The topological polar surface area (TPSA) is 61.4 Å². The van der Waals surface area contributed by atoms with Gasteiger partial charge in [-0.2, -0.15) is 0 Å². The molecule has 5 nitrogen and oxygen atoms in total. The highest BCUT2D eigenvalue weighted by atomic mass is 79.9. The fraction of sp³-hybridized carbons (Fsp3) is 0.429. The number of nitrogens with one attached hydrogen (secondary N) is 2. The minimum Gasteiger partial charge on any atom is -0.352 e. The molecule has 0 unspecified atom stereocenters. The molecule has 1 aromatic rings. The number of halogens is 2. The van der Waals surface area contributed by atoms with Crippen molar-refractivity contribution in [1.82, 2.24) is 10.2 Å². The maximum Gasteiger partial charge on any atom is 0.238 e. The average Bonchev–Trinajstić information content (AvgIpc) is 3.16. The van der Waals surface area contributed by atoms with Crippen LogP contribution in [0, 0.1) is 5.82 Å². The lowest BCUT2D eigenvalue weighted by atomic mass is 10.3. The average molecular weight is 358 g/mol. The Morgan fingerprint density at radius 2 is 2.00 bits per heavy atom. The van der Waals surface area contributed by atoms with Crippen LogP contribution in [0.15, 0.2) is 22.7 Å². The Labute approximate surface area is 131 Å². The number of nitrogens with zero attached hydrogens (tertiary/aromatic N) is 1. The van der Waals surface area contributed by atoms with Crippen LogP contribution in [0.25, 0.3) is 0 Å². The van der Waals surface area contributed by atoms with Crippen LogP contribution in [-0.2, 0) is 9.59 Å². The van der Waals surface area contributed by atoms with E-state index in [0.29, 0.717) is 10.5 Å². The number of anilines is 1. The summed E-state index contributed by atoms with van der Waals surface area (Å²) in [4.78, 5) is 25.0. The first-order chi connectivity index (χ1) is 9.94. The molecule has 0 aliphatic heterocycles. The van der Waals surface area contributed by atoms with Crippen LogP contribution in [0.3, 0.4) is 0 Å². The molecule has 114 valence electrons. The van der Waals surface area contributed by atoms with Crippen LogP contribution < -0.4 is 10.6 Å². The Balaban J connectivity index is 1.78. The second-order valence-electron chi connectivity index (χ2n) is 5.19. The van der Waals surface area contributed by atoms with E-state index in [2.05, 4.69) is 26.6 Å². The van der Waals surface area contributed by atoms with Crippen LogP contribution in [0.1, 0.15) is 12.8 Å². The quantitative estimate of drug-likeness (QED) is 0.815. The molecule has 0 heterocycles. The smallest absolute Gasteiger partial charge is 0.238 e. The molecule has 21 heavy (non-hydrogen) atoms. The summed E-state index contributed by atoms with van der Waals surface area (Å²) in [6.07, 6.45) is 2.05. The lowest BCUT2D eigenvalue weighted by molar-refractivity contribution is -0.123. The van der Waals surface area contributed by atoms with E-state index in [1.807, 2.05) is 0 Å². The number of benzene rings is 1. The number of rotatable bonds is 6. The van der Waals surface area contributed by atoms with E-state index in [1.54, 1.807) is 18.0 Å². The zero-order valence-corrected chi connectivity index (χ0v) is 13.2. The number of amides is 2. The first kappa shape index (κ1) is 15.9. The molecular weight excluding hydrogens is 341 g/mol. The predicted octanol–water partition coefficient (Wildman–Crippen LogP) is 1.74. The van der Waals surface area contributed by atoms with Crippen LogP contribution in [0.5, 0.6) is 0 Å². The van der Waals surface area contributed by atoms with Crippen molar-refractivity contribution in [1.29, 1.82) is 0 Å². The predicted molar refractivity (Wildman–Crippen MR) is 81.4 cm³/mol. The molecule has 1 saturated carbocycles. The summed E-state index contributed by atoms with van der Waals surface area (Å²) in [6.45, 7) is 0.167. The van der Waals surface area contributed by atoms with E-state index < -0.39 is 5.82 Å². The van der Waals surface area contributed by atoms with E-state index >= 15 is 0 Å². The van der Waals surface area contributed by atoms with Crippen molar-refractivity contribution in [3.8, 4) is 0 Å². The first-order valence-electron chi connectivity index (χ1n) is 6.67. The molecular formula is C14H17BrFN3O2. The Hall–Kier alpha value is -1.47. The van der Waals surface area contributed by atoms with Crippen molar-refractivity contribution >= 4 is 33.4 Å². The van der Waals surface area contributed by atoms with Gasteiger partial charge in [0.15, 0.2) is 0 Å². The van der Waals surface area contributed by atoms with Crippen LogP contribution in [0.4, 0.5) is 10.1 Å². The van der Waals surface area contributed by atoms with Crippen LogP contribution in [0.2, 0.25) is 0 Å². The highest BCUT2D eigenvalue weighted by Gasteiger charge is 2.23. The van der Waals surface area contributed by atoms with Crippen LogP contribution >= 0.6 is 15.9 Å². The molecule has 1 aliphatic carbocycles. The number of hydrogen-bond donors (Lipinski definition) is 2. The summed E-state index contributed by atoms with van der Waals surface area (Å²) in [5.74, 6) is -0.965. The molecule has 0 radical (unpaired) electrons. The molecule has 2 rings (SSSR count). The standard InChI is InChI=1S/C14H17BrFN3O2/c1-19(7-13(20)17-10-3-4-10)8-14(21)18-12-5-2-9(15)6-11(12)16/h2,5-6,10H,3-4,7-8H2,1H3,(H,17,20)(H,18,21). The fourth-order valence-electron chi connectivity index (χ4n) is 1.83. The minimum atomic E-state index is -0.508. The number of carbonyl (C=O) groups is 2. The summed E-state index contributed by atoms with van der Waals surface area (Å²) in [5.41, 5.74) is 0.124. The summed E-state index contributed by atoms with van der Waals surface area (Å²) in [7, 11) is 1.67. The molecule has 0 bridgehead atoms. The molecule has 0 spiro atoms. The monoisotopic (exact) mass is 357 g/mol. The van der Waals surface area contributed by atoms with Crippen molar-refractivity contribution in [3.05, 3.63) is 28.5 Å².